The first-order valence-electron chi connectivity index (χ1n) is 4.84. The van der Waals surface area contributed by atoms with E-state index in [1.54, 1.807) is 17.4 Å². The van der Waals surface area contributed by atoms with Crippen LogP contribution >= 0.6 is 59.1 Å². The van der Waals surface area contributed by atoms with Crippen molar-refractivity contribution in [2.75, 3.05) is 0 Å². The third-order valence-electron chi connectivity index (χ3n) is 2.42. The van der Waals surface area contributed by atoms with Crippen LogP contribution in [0.3, 0.4) is 0 Å². The van der Waals surface area contributed by atoms with Crippen molar-refractivity contribution >= 4 is 59.1 Å². The summed E-state index contributed by atoms with van der Waals surface area (Å²) in [7, 11) is 0. The van der Waals surface area contributed by atoms with Crippen LogP contribution < -0.4 is 0 Å². The molecule has 0 nitrogen and oxygen atoms in total. The molecule has 0 bridgehead atoms. The summed E-state index contributed by atoms with van der Waals surface area (Å²) >= 11 is 12.3. The van der Waals surface area contributed by atoms with Gasteiger partial charge < -0.3 is 0 Å². The van der Waals surface area contributed by atoms with Crippen LogP contribution in [0.15, 0.2) is 32.5 Å². The second-order valence-corrected chi connectivity index (χ2v) is 7.81. The van der Waals surface area contributed by atoms with Crippen molar-refractivity contribution in [2.45, 2.75) is 11.8 Å². The summed E-state index contributed by atoms with van der Waals surface area (Å²) < 4.78 is 15.2. The smallest absolute Gasteiger partial charge is 0.123 e. The van der Waals surface area contributed by atoms with Crippen LogP contribution in [0.5, 0.6) is 0 Å². The van der Waals surface area contributed by atoms with Crippen LogP contribution in [0.25, 0.3) is 0 Å². The zero-order chi connectivity index (χ0) is 12.6. The van der Waals surface area contributed by atoms with Crippen LogP contribution in [0, 0.1) is 12.7 Å². The lowest BCUT2D eigenvalue weighted by Crippen LogP contribution is -1.94. The van der Waals surface area contributed by atoms with Crippen molar-refractivity contribution in [3.8, 4) is 0 Å². The Labute approximate surface area is 129 Å². The predicted molar refractivity (Wildman–Crippen MR) is 81.6 cm³/mol. The van der Waals surface area contributed by atoms with Crippen LogP contribution in [-0.2, 0) is 0 Å². The first-order chi connectivity index (χ1) is 7.99. The summed E-state index contributed by atoms with van der Waals surface area (Å²) in [5, 5.41) is 0. The maximum atomic E-state index is 13.1. The number of aryl methyl sites for hydroxylation is 1. The minimum absolute atomic E-state index is 0.0932. The molecule has 90 valence electrons. The molecule has 0 aliphatic heterocycles. The molecule has 17 heavy (non-hydrogen) atoms. The number of thiophene rings is 1. The molecule has 0 saturated heterocycles. The highest BCUT2D eigenvalue weighted by atomic mass is 79.9. The van der Waals surface area contributed by atoms with Crippen molar-refractivity contribution in [1.82, 2.24) is 0 Å². The molecule has 5 heteroatoms. The van der Waals surface area contributed by atoms with Gasteiger partial charge in [0.15, 0.2) is 0 Å². The SMILES string of the molecule is Cc1cc(F)ccc1C(Br)c1cc(Br)c(Br)s1. The number of alkyl halides is 1. The van der Waals surface area contributed by atoms with Gasteiger partial charge in [-0.05, 0) is 68.1 Å². The van der Waals surface area contributed by atoms with E-state index in [1.165, 1.54) is 10.9 Å². The van der Waals surface area contributed by atoms with E-state index in [-0.39, 0.29) is 10.6 Å². The Bertz CT molecular complexity index is 531. The molecular weight excluding hydrogens is 435 g/mol. The molecule has 1 heterocycles. The van der Waals surface area contributed by atoms with Crippen molar-refractivity contribution in [3.05, 3.63) is 54.3 Å². The average Bonchev–Trinajstić information content (AvgIpc) is 2.58. The van der Waals surface area contributed by atoms with Crippen molar-refractivity contribution in [2.24, 2.45) is 0 Å². The Morgan fingerprint density at radius 3 is 2.47 bits per heavy atom. The lowest BCUT2D eigenvalue weighted by atomic mass is 10.0. The fraction of sp³-hybridized carbons (Fsp3) is 0.167. The van der Waals surface area contributed by atoms with Gasteiger partial charge in [-0.2, -0.15) is 0 Å². The molecule has 0 radical (unpaired) electrons. The molecule has 0 spiro atoms. The number of halogens is 4. The Balaban J connectivity index is 2.39. The molecule has 2 rings (SSSR count). The zero-order valence-electron chi connectivity index (χ0n) is 8.81. The van der Waals surface area contributed by atoms with Crippen molar-refractivity contribution in [1.29, 1.82) is 0 Å². The monoisotopic (exact) mass is 440 g/mol. The van der Waals surface area contributed by atoms with Gasteiger partial charge >= 0.3 is 0 Å². The largest absolute Gasteiger partial charge is 0.207 e. The van der Waals surface area contributed by atoms with Crippen LogP contribution in [0.1, 0.15) is 20.8 Å². The minimum atomic E-state index is -0.195. The van der Waals surface area contributed by atoms with E-state index in [2.05, 4.69) is 53.9 Å². The third kappa shape index (κ3) is 3.00. The van der Waals surface area contributed by atoms with E-state index in [4.69, 9.17) is 0 Å². The molecule has 0 aliphatic carbocycles. The maximum absolute atomic E-state index is 13.1. The number of hydrogen-bond acceptors (Lipinski definition) is 1. The highest BCUT2D eigenvalue weighted by molar-refractivity contribution is 9.13. The first kappa shape index (κ1) is 13.7. The van der Waals surface area contributed by atoms with Gasteiger partial charge in [-0.3, -0.25) is 0 Å². The summed E-state index contributed by atoms with van der Waals surface area (Å²) in [5.74, 6) is -0.195. The Hall–Kier alpha value is 0.290. The molecule has 1 aromatic carbocycles. The fourth-order valence-electron chi connectivity index (χ4n) is 1.56. The van der Waals surface area contributed by atoms with Crippen LogP contribution in [0.2, 0.25) is 0 Å². The van der Waals surface area contributed by atoms with E-state index in [1.807, 2.05) is 13.0 Å². The quantitative estimate of drug-likeness (QED) is 0.485. The summed E-state index contributed by atoms with van der Waals surface area (Å²) in [5.41, 5.74) is 2.04. The molecule has 1 atom stereocenters. The van der Waals surface area contributed by atoms with E-state index >= 15 is 0 Å². The van der Waals surface area contributed by atoms with Gasteiger partial charge in [0.2, 0.25) is 0 Å². The molecule has 1 aromatic heterocycles. The van der Waals surface area contributed by atoms with Crippen molar-refractivity contribution in [3.63, 3.8) is 0 Å². The summed E-state index contributed by atoms with van der Waals surface area (Å²) in [6, 6.07) is 6.94. The lowest BCUT2D eigenvalue weighted by molar-refractivity contribution is 0.626. The molecule has 0 saturated carbocycles. The lowest BCUT2D eigenvalue weighted by Gasteiger charge is -2.11. The summed E-state index contributed by atoms with van der Waals surface area (Å²) in [4.78, 5) is 1.27. The van der Waals surface area contributed by atoms with Gasteiger partial charge in [-0.25, -0.2) is 4.39 Å². The minimum Gasteiger partial charge on any atom is -0.207 e. The van der Waals surface area contributed by atoms with E-state index in [0.29, 0.717) is 0 Å². The normalized spacial score (nSPS) is 12.8. The molecular formula is C12H8Br3FS. The summed E-state index contributed by atoms with van der Waals surface area (Å²) in [6.07, 6.45) is 0. The van der Waals surface area contributed by atoms with E-state index in [9.17, 15) is 4.39 Å². The fourth-order valence-corrected chi connectivity index (χ4v) is 4.58. The van der Waals surface area contributed by atoms with Gasteiger partial charge in [-0.1, -0.05) is 22.0 Å². The molecule has 1 unspecified atom stereocenters. The topological polar surface area (TPSA) is 0 Å². The molecule has 0 amide bonds. The molecule has 2 aromatic rings. The molecule has 0 N–H and O–H groups in total. The van der Waals surface area contributed by atoms with Crippen molar-refractivity contribution < 1.29 is 4.39 Å². The van der Waals surface area contributed by atoms with Gasteiger partial charge in [0, 0.05) is 9.35 Å². The highest BCUT2D eigenvalue weighted by Crippen LogP contribution is 2.42. The molecule has 0 aliphatic rings. The van der Waals surface area contributed by atoms with Crippen LogP contribution in [0.4, 0.5) is 4.39 Å². The number of rotatable bonds is 2. The average molecular weight is 443 g/mol. The highest BCUT2D eigenvalue weighted by Gasteiger charge is 2.16. The Kier molecular flexibility index (Phi) is 4.45. The maximum Gasteiger partial charge on any atom is 0.123 e. The van der Waals surface area contributed by atoms with Gasteiger partial charge in [-0.15, -0.1) is 11.3 Å². The molecule has 0 fully saturated rings. The summed E-state index contributed by atoms with van der Waals surface area (Å²) in [6.45, 7) is 1.92. The first-order valence-corrected chi connectivity index (χ1v) is 8.15. The van der Waals surface area contributed by atoms with E-state index in [0.717, 1.165) is 19.4 Å². The third-order valence-corrected chi connectivity index (χ3v) is 7.03. The number of benzene rings is 1. The second-order valence-electron chi connectivity index (χ2n) is 3.63. The zero-order valence-corrected chi connectivity index (χ0v) is 14.4. The van der Waals surface area contributed by atoms with Gasteiger partial charge in [0.05, 0.1) is 8.61 Å². The second kappa shape index (κ2) is 5.51. The van der Waals surface area contributed by atoms with Gasteiger partial charge in [0.25, 0.3) is 0 Å². The standard InChI is InChI=1S/C12H8Br3FS/c1-6-4-7(16)2-3-8(6)11(14)10-5-9(13)12(15)17-10/h2-5,11H,1H3. The number of hydrogen-bond donors (Lipinski definition) is 0. The Morgan fingerprint density at radius 1 is 1.24 bits per heavy atom. The van der Waals surface area contributed by atoms with E-state index < -0.39 is 0 Å². The predicted octanol–water partition coefficient (Wildman–Crippen LogP) is 6.20. The van der Waals surface area contributed by atoms with Crippen LogP contribution in [-0.4, -0.2) is 0 Å². The van der Waals surface area contributed by atoms with Gasteiger partial charge in [0.1, 0.15) is 5.82 Å². The Morgan fingerprint density at radius 2 is 1.94 bits per heavy atom.